The van der Waals surface area contributed by atoms with Crippen LogP contribution in [0.3, 0.4) is 0 Å². The molecule has 0 saturated carbocycles. The van der Waals surface area contributed by atoms with Crippen molar-refractivity contribution in [3.8, 4) is 0 Å². The highest BCUT2D eigenvalue weighted by molar-refractivity contribution is 5.25. The lowest BCUT2D eigenvalue weighted by Gasteiger charge is -2.17. The summed E-state index contributed by atoms with van der Waals surface area (Å²) in [5.74, 6) is 0. The average Bonchev–Trinajstić information content (AvgIpc) is 2.44. The van der Waals surface area contributed by atoms with Gasteiger partial charge in [-0.25, -0.2) is 0 Å². The fourth-order valence-corrected chi connectivity index (χ4v) is 2.27. The quantitative estimate of drug-likeness (QED) is 0.874. The number of hydrogen-bond acceptors (Lipinski definition) is 3. The molecule has 2 rings (SSSR count). The lowest BCUT2D eigenvalue weighted by molar-refractivity contribution is 0.314. The highest BCUT2D eigenvalue weighted by Gasteiger charge is 2.04. The Morgan fingerprint density at radius 1 is 1.10 bits per heavy atom. The van der Waals surface area contributed by atoms with Crippen LogP contribution in [0.5, 0.6) is 0 Å². The Labute approximate surface area is 121 Å². The first kappa shape index (κ1) is 14.7. The Morgan fingerprint density at radius 3 is 2.55 bits per heavy atom. The monoisotopic (exact) mass is 269 g/mol. The van der Waals surface area contributed by atoms with Crippen LogP contribution in [0.15, 0.2) is 42.6 Å². The van der Waals surface area contributed by atoms with E-state index in [-0.39, 0.29) is 0 Å². The lowest BCUT2D eigenvalue weighted by atomic mass is 10.1. The van der Waals surface area contributed by atoms with Crippen LogP contribution in [0.1, 0.15) is 22.4 Å². The summed E-state index contributed by atoms with van der Waals surface area (Å²) in [4.78, 5) is 6.81. The molecule has 1 aromatic carbocycles. The highest BCUT2D eigenvalue weighted by Crippen LogP contribution is 2.11. The van der Waals surface area contributed by atoms with Crippen molar-refractivity contribution in [2.45, 2.75) is 26.6 Å². The summed E-state index contributed by atoms with van der Waals surface area (Å²) < 4.78 is 0. The van der Waals surface area contributed by atoms with Crippen molar-refractivity contribution < 1.29 is 0 Å². The van der Waals surface area contributed by atoms with Gasteiger partial charge in [-0.1, -0.05) is 30.3 Å². The van der Waals surface area contributed by atoms with Gasteiger partial charge >= 0.3 is 0 Å². The second-order valence-corrected chi connectivity index (χ2v) is 5.29. The second-order valence-electron chi connectivity index (χ2n) is 5.29. The minimum atomic E-state index is 0.867. The van der Waals surface area contributed by atoms with Crippen molar-refractivity contribution in [1.29, 1.82) is 0 Å². The van der Waals surface area contributed by atoms with E-state index < -0.39 is 0 Å². The summed E-state index contributed by atoms with van der Waals surface area (Å²) in [5.41, 5.74) is 5.05. The van der Waals surface area contributed by atoms with E-state index in [1.54, 1.807) is 0 Å². The molecule has 0 bridgehead atoms. The molecule has 0 atom stereocenters. The summed E-state index contributed by atoms with van der Waals surface area (Å²) in [7, 11) is 4.08. The van der Waals surface area contributed by atoms with Crippen molar-refractivity contribution >= 4 is 0 Å². The third kappa shape index (κ3) is 4.15. The molecule has 106 valence electrons. The first-order chi connectivity index (χ1) is 9.69. The first-order valence-corrected chi connectivity index (χ1v) is 7.00. The first-order valence-electron chi connectivity index (χ1n) is 7.00. The molecule has 0 aliphatic rings. The van der Waals surface area contributed by atoms with Crippen molar-refractivity contribution in [3.05, 3.63) is 65.0 Å². The molecule has 20 heavy (non-hydrogen) atoms. The number of benzene rings is 1. The van der Waals surface area contributed by atoms with Crippen molar-refractivity contribution in [1.82, 2.24) is 15.2 Å². The van der Waals surface area contributed by atoms with Gasteiger partial charge in [-0.15, -0.1) is 0 Å². The zero-order valence-corrected chi connectivity index (χ0v) is 12.6. The topological polar surface area (TPSA) is 28.2 Å². The maximum absolute atomic E-state index is 4.52. The van der Waals surface area contributed by atoms with Crippen LogP contribution in [0, 0.1) is 6.92 Å². The van der Waals surface area contributed by atoms with E-state index in [0.29, 0.717) is 0 Å². The fourth-order valence-electron chi connectivity index (χ4n) is 2.27. The lowest BCUT2D eigenvalue weighted by Crippen LogP contribution is -2.18. The van der Waals surface area contributed by atoms with Gasteiger partial charge in [0.25, 0.3) is 0 Å². The smallest absolute Gasteiger partial charge is 0.0544 e. The summed E-state index contributed by atoms with van der Waals surface area (Å²) in [6.45, 7) is 4.85. The summed E-state index contributed by atoms with van der Waals surface area (Å²) >= 11 is 0. The molecule has 0 spiro atoms. The fraction of sp³-hybridized carbons (Fsp3) is 0.353. The molecule has 3 nitrogen and oxygen atoms in total. The predicted molar refractivity (Wildman–Crippen MR) is 83.4 cm³/mol. The molecule has 0 fully saturated rings. The third-order valence-electron chi connectivity index (χ3n) is 3.40. The number of aromatic nitrogens is 1. The average molecular weight is 269 g/mol. The Morgan fingerprint density at radius 2 is 1.90 bits per heavy atom. The number of pyridine rings is 1. The zero-order chi connectivity index (χ0) is 14.4. The van der Waals surface area contributed by atoms with Crippen LogP contribution < -0.4 is 5.32 Å². The standard InChI is InChI=1S/C17H23N3/c1-14-6-4-5-7-16(14)12-20(3)13-17-9-8-15(10-18-2)11-19-17/h4-9,11,18H,10,12-13H2,1-3H3. The van der Waals surface area contributed by atoms with Crippen LogP contribution in [0.25, 0.3) is 0 Å². The molecule has 3 heteroatoms. The minimum Gasteiger partial charge on any atom is -0.316 e. The van der Waals surface area contributed by atoms with Gasteiger partial charge in [0.2, 0.25) is 0 Å². The summed E-state index contributed by atoms with van der Waals surface area (Å²) in [6, 6.07) is 12.8. The van der Waals surface area contributed by atoms with Gasteiger partial charge in [-0.3, -0.25) is 9.88 Å². The Balaban J connectivity index is 1.94. The molecule has 2 aromatic rings. The molecule has 1 aromatic heterocycles. The maximum atomic E-state index is 4.52. The van der Waals surface area contributed by atoms with E-state index in [9.17, 15) is 0 Å². The van der Waals surface area contributed by atoms with Gasteiger partial charge in [0.1, 0.15) is 0 Å². The van der Waals surface area contributed by atoms with E-state index in [1.165, 1.54) is 16.7 Å². The Kier molecular flexibility index (Phi) is 5.27. The number of hydrogen-bond donors (Lipinski definition) is 1. The van der Waals surface area contributed by atoms with Crippen LogP contribution in [0.2, 0.25) is 0 Å². The van der Waals surface area contributed by atoms with Gasteiger partial charge in [0, 0.05) is 25.8 Å². The SMILES string of the molecule is CNCc1ccc(CN(C)Cc2ccccc2C)nc1. The summed E-state index contributed by atoms with van der Waals surface area (Å²) in [5, 5.41) is 3.13. The van der Waals surface area contributed by atoms with E-state index in [0.717, 1.165) is 25.3 Å². The molecule has 0 amide bonds. The maximum Gasteiger partial charge on any atom is 0.0544 e. The molecular weight excluding hydrogens is 246 g/mol. The molecule has 0 aliphatic carbocycles. The Bertz CT molecular complexity index is 534. The van der Waals surface area contributed by atoms with E-state index in [1.807, 2.05) is 13.2 Å². The Hall–Kier alpha value is -1.71. The summed E-state index contributed by atoms with van der Waals surface area (Å²) in [6.07, 6.45) is 1.95. The molecule has 0 radical (unpaired) electrons. The molecule has 1 N–H and O–H groups in total. The van der Waals surface area contributed by atoms with Crippen molar-refractivity contribution in [2.75, 3.05) is 14.1 Å². The predicted octanol–water partition coefficient (Wildman–Crippen LogP) is 2.74. The zero-order valence-electron chi connectivity index (χ0n) is 12.6. The molecule has 0 saturated heterocycles. The van der Waals surface area contributed by atoms with Crippen molar-refractivity contribution in [3.63, 3.8) is 0 Å². The number of aryl methyl sites for hydroxylation is 1. The molecular formula is C17H23N3. The normalized spacial score (nSPS) is 11.0. The van der Waals surface area contributed by atoms with Gasteiger partial charge in [0.05, 0.1) is 5.69 Å². The van der Waals surface area contributed by atoms with Crippen LogP contribution in [-0.4, -0.2) is 24.0 Å². The van der Waals surface area contributed by atoms with Gasteiger partial charge in [0.15, 0.2) is 0 Å². The minimum absolute atomic E-state index is 0.867. The third-order valence-corrected chi connectivity index (χ3v) is 3.40. The largest absolute Gasteiger partial charge is 0.316 e. The van der Waals surface area contributed by atoms with Crippen LogP contribution in [0.4, 0.5) is 0 Å². The van der Waals surface area contributed by atoms with Crippen molar-refractivity contribution in [2.24, 2.45) is 0 Å². The van der Waals surface area contributed by atoms with Gasteiger partial charge in [-0.05, 0) is 43.8 Å². The number of nitrogens with one attached hydrogen (secondary N) is 1. The van der Waals surface area contributed by atoms with E-state index in [4.69, 9.17) is 0 Å². The highest BCUT2D eigenvalue weighted by atomic mass is 15.1. The van der Waals surface area contributed by atoms with Gasteiger partial charge in [-0.2, -0.15) is 0 Å². The van der Waals surface area contributed by atoms with Crippen LogP contribution in [-0.2, 0) is 19.6 Å². The molecule has 1 heterocycles. The second kappa shape index (κ2) is 7.17. The molecule has 0 unspecified atom stereocenters. The number of rotatable bonds is 6. The van der Waals surface area contributed by atoms with Crippen LogP contribution >= 0.6 is 0 Å². The molecule has 0 aliphatic heterocycles. The number of nitrogens with zero attached hydrogens (tertiary/aromatic N) is 2. The van der Waals surface area contributed by atoms with E-state index in [2.05, 4.69) is 65.6 Å². The van der Waals surface area contributed by atoms with Gasteiger partial charge < -0.3 is 5.32 Å². The van der Waals surface area contributed by atoms with E-state index >= 15 is 0 Å².